The highest BCUT2D eigenvalue weighted by Crippen LogP contribution is 2.34. The first kappa shape index (κ1) is 15.6. The molecule has 128 valence electrons. The van der Waals surface area contributed by atoms with Gasteiger partial charge in [-0.2, -0.15) is 0 Å². The van der Waals surface area contributed by atoms with Gasteiger partial charge in [-0.25, -0.2) is 0 Å². The maximum atomic E-state index is 12.8. The zero-order valence-corrected chi connectivity index (χ0v) is 13.8. The standard InChI is InChI=1S/C18H23N3O3/c22-17-4-3-15-16(21(17)11-13-2-1-7-19-10-13)5-8-20(15)18(23)14-6-9-24-12-14/h1-2,7,10,14-16H,3-6,8-9,11-12H2/t14?,15-,16-/m0/s1. The summed E-state index contributed by atoms with van der Waals surface area (Å²) in [5.74, 6) is 0.419. The van der Waals surface area contributed by atoms with Crippen LogP contribution in [0.25, 0.3) is 0 Å². The topological polar surface area (TPSA) is 62.7 Å². The van der Waals surface area contributed by atoms with Gasteiger partial charge < -0.3 is 14.5 Å². The first-order valence-electron chi connectivity index (χ1n) is 8.80. The maximum Gasteiger partial charge on any atom is 0.228 e. The molecule has 0 aromatic carbocycles. The van der Waals surface area contributed by atoms with E-state index in [0.717, 1.165) is 31.4 Å². The number of amides is 2. The Morgan fingerprint density at radius 3 is 2.96 bits per heavy atom. The average Bonchev–Trinajstić information content (AvgIpc) is 3.27. The first-order chi connectivity index (χ1) is 11.7. The Balaban J connectivity index is 1.49. The fraction of sp³-hybridized carbons (Fsp3) is 0.611. The second-order valence-electron chi connectivity index (χ2n) is 6.94. The molecule has 6 heteroatoms. The number of carbonyl (C=O) groups excluding carboxylic acids is 2. The summed E-state index contributed by atoms with van der Waals surface area (Å²) in [5, 5.41) is 0. The molecule has 2 amide bonds. The molecule has 3 fully saturated rings. The molecule has 1 aromatic rings. The van der Waals surface area contributed by atoms with E-state index in [-0.39, 0.29) is 29.8 Å². The monoisotopic (exact) mass is 329 g/mol. The molecule has 0 bridgehead atoms. The Morgan fingerprint density at radius 2 is 2.21 bits per heavy atom. The van der Waals surface area contributed by atoms with Crippen LogP contribution in [0.15, 0.2) is 24.5 Å². The Hall–Kier alpha value is -1.95. The van der Waals surface area contributed by atoms with E-state index in [2.05, 4.69) is 4.98 Å². The maximum absolute atomic E-state index is 12.8. The third-order valence-corrected chi connectivity index (χ3v) is 5.52. The summed E-state index contributed by atoms with van der Waals surface area (Å²) < 4.78 is 5.37. The molecule has 1 aromatic heterocycles. The Morgan fingerprint density at radius 1 is 1.29 bits per heavy atom. The number of carbonyl (C=O) groups is 2. The van der Waals surface area contributed by atoms with Crippen LogP contribution in [0.4, 0.5) is 0 Å². The van der Waals surface area contributed by atoms with Crippen molar-refractivity contribution >= 4 is 11.8 Å². The minimum atomic E-state index is 0.00755. The number of pyridine rings is 1. The fourth-order valence-corrected chi connectivity index (χ4v) is 4.28. The van der Waals surface area contributed by atoms with Crippen molar-refractivity contribution in [1.29, 1.82) is 0 Å². The highest BCUT2D eigenvalue weighted by Gasteiger charge is 2.46. The zero-order valence-electron chi connectivity index (χ0n) is 13.8. The summed E-state index contributed by atoms with van der Waals surface area (Å²) in [4.78, 5) is 33.4. The van der Waals surface area contributed by atoms with Crippen molar-refractivity contribution in [2.45, 2.75) is 44.3 Å². The number of ether oxygens (including phenoxy) is 1. The highest BCUT2D eigenvalue weighted by atomic mass is 16.5. The Labute approximate surface area is 141 Å². The van der Waals surface area contributed by atoms with Crippen LogP contribution in [0.3, 0.4) is 0 Å². The lowest BCUT2D eigenvalue weighted by atomic mass is 9.95. The number of nitrogens with zero attached hydrogens (tertiary/aromatic N) is 3. The number of hydrogen-bond donors (Lipinski definition) is 0. The van der Waals surface area contributed by atoms with E-state index >= 15 is 0 Å². The summed E-state index contributed by atoms with van der Waals surface area (Å²) >= 11 is 0. The Kier molecular flexibility index (Phi) is 4.22. The van der Waals surface area contributed by atoms with Gasteiger partial charge in [0.05, 0.1) is 24.6 Å². The van der Waals surface area contributed by atoms with Crippen molar-refractivity contribution in [3.63, 3.8) is 0 Å². The predicted octanol–water partition coefficient (Wildman–Crippen LogP) is 1.21. The lowest BCUT2D eigenvalue weighted by Crippen LogP contribution is -2.53. The van der Waals surface area contributed by atoms with Crippen LogP contribution in [-0.4, -0.2) is 58.4 Å². The van der Waals surface area contributed by atoms with Crippen LogP contribution >= 0.6 is 0 Å². The van der Waals surface area contributed by atoms with Crippen LogP contribution in [0, 0.1) is 5.92 Å². The summed E-state index contributed by atoms with van der Waals surface area (Å²) in [6, 6.07) is 4.19. The Bertz CT molecular complexity index is 615. The van der Waals surface area contributed by atoms with E-state index in [1.807, 2.05) is 28.1 Å². The number of hydrogen-bond acceptors (Lipinski definition) is 4. The number of piperidine rings is 1. The van der Waals surface area contributed by atoms with E-state index in [9.17, 15) is 9.59 Å². The van der Waals surface area contributed by atoms with Crippen molar-refractivity contribution in [2.24, 2.45) is 5.92 Å². The molecular formula is C18H23N3O3. The molecule has 0 N–H and O–H groups in total. The van der Waals surface area contributed by atoms with Crippen LogP contribution in [-0.2, 0) is 20.9 Å². The van der Waals surface area contributed by atoms with Crippen molar-refractivity contribution in [2.75, 3.05) is 19.8 Å². The highest BCUT2D eigenvalue weighted by molar-refractivity contribution is 5.82. The lowest BCUT2D eigenvalue weighted by Gasteiger charge is -2.40. The quantitative estimate of drug-likeness (QED) is 0.836. The minimum absolute atomic E-state index is 0.00755. The van der Waals surface area contributed by atoms with Crippen molar-refractivity contribution in [3.8, 4) is 0 Å². The molecule has 3 saturated heterocycles. The van der Waals surface area contributed by atoms with Gasteiger partial charge in [-0.05, 0) is 30.9 Å². The molecule has 0 saturated carbocycles. The van der Waals surface area contributed by atoms with Gasteiger partial charge in [-0.3, -0.25) is 14.6 Å². The first-order valence-corrected chi connectivity index (χ1v) is 8.80. The largest absolute Gasteiger partial charge is 0.381 e. The number of rotatable bonds is 3. The average molecular weight is 329 g/mol. The van der Waals surface area contributed by atoms with Crippen LogP contribution < -0.4 is 0 Å². The van der Waals surface area contributed by atoms with Crippen molar-refractivity contribution in [3.05, 3.63) is 30.1 Å². The summed E-state index contributed by atoms with van der Waals surface area (Å²) in [7, 11) is 0. The molecule has 3 aliphatic heterocycles. The van der Waals surface area contributed by atoms with Gasteiger partial charge >= 0.3 is 0 Å². The third-order valence-electron chi connectivity index (χ3n) is 5.52. The number of aromatic nitrogens is 1. The van der Waals surface area contributed by atoms with E-state index in [1.165, 1.54) is 0 Å². The molecule has 6 nitrogen and oxygen atoms in total. The van der Waals surface area contributed by atoms with E-state index in [1.54, 1.807) is 6.20 Å². The molecule has 24 heavy (non-hydrogen) atoms. The number of likely N-dealkylation sites (tertiary alicyclic amines) is 2. The van der Waals surface area contributed by atoms with Gasteiger partial charge in [-0.15, -0.1) is 0 Å². The van der Waals surface area contributed by atoms with E-state index in [4.69, 9.17) is 4.74 Å². The molecule has 1 unspecified atom stereocenters. The molecular weight excluding hydrogens is 306 g/mol. The smallest absolute Gasteiger partial charge is 0.228 e. The predicted molar refractivity (Wildman–Crippen MR) is 86.9 cm³/mol. The fourth-order valence-electron chi connectivity index (χ4n) is 4.28. The SMILES string of the molecule is O=C1CC[C@H]2[C@H](CCN2C(=O)C2CCOC2)N1Cc1cccnc1. The van der Waals surface area contributed by atoms with Gasteiger partial charge in [0.25, 0.3) is 0 Å². The van der Waals surface area contributed by atoms with Gasteiger partial charge in [-0.1, -0.05) is 6.07 Å². The molecule has 0 radical (unpaired) electrons. The van der Waals surface area contributed by atoms with E-state index in [0.29, 0.717) is 26.2 Å². The van der Waals surface area contributed by atoms with Crippen LogP contribution in [0.5, 0.6) is 0 Å². The molecule has 0 spiro atoms. The lowest BCUT2D eigenvalue weighted by molar-refractivity contribution is -0.144. The zero-order chi connectivity index (χ0) is 16.5. The number of fused-ring (bicyclic) bond motifs is 1. The van der Waals surface area contributed by atoms with Gasteiger partial charge in [0.2, 0.25) is 11.8 Å². The normalized spacial score (nSPS) is 29.8. The summed E-state index contributed by atoms with van der Waals surface area (Å²) in [6.45, 7) is 2.57. The molecule has 0 aliphatic carbocycles. The van der Waals surface area contributed by atoms with Gasteiger partial charge in [0, 0.05) is 38.5 Å². The second-order valence-corrected chi connectivity index (χ2v) is 6.94. The van der Waals surface area contributed by atoms with Gasteiger partial charge in [0.1, 0.15) is 0 Å². The van der Waals surface area contributed by atoms with Gasteiger partial charge in [0.15, 0.2) is 0 Å². The molecule has 3 aliphatic rings. The summed E-state index contributed by atoms with van der Waals surface area (Å²) in [6.07, 6.45) is 6.55. The van der Waals surface area contributed by atoms with Crippen LogP contribution in [0.1, 0.15) is 31.2 Å². The second kappa shape index (κ2) is 6.51. The van der Waals surface area contributed by atoms with Crippen LogP contribution in [0.2, 0.25) is 0 Å². The minimum Gasteiger partial charge on any atom is -0.381 e. The molecule has 4 heterocycles. The van der Waals surface area contributed by atoms with Crippen molar-refractivity contribution in [1.82, 2.24) is 14.8 Å². The molecule has 4 rings (SSSR count). The van der Waals surface area contributed by atoms with E-state index < -0.39 is 0 Å². The third kappa shape index (κ3) is 2.79. The summed E-state index contributed by atoms with van der Waals surface area (Å²) in [5.41, 5.74) is 1.04. The van der Waals surface area contributed by atoms with Crippen molar-refractivity contribution < 1.29 is 14.3 Å². The molecule has 3 atom stereocenters.